The summed E-state index contributed by atoms with van der Waals surface area (Å²) in [5, 5.41) is 12.5. The van der Waals surface area contributed by atoms with Gasteiger partial charge in [0.05, 0.1) is 26.0 Å². The Balaban J connectivity index is 1.90. The largest absolute Gasteiger partial charge is 0.478 e. The normalized spacial score (nSPS) is 15.3. The van der Waals surface area contributed by atoms with E-state index in [1.165, 1.54) is 6.21 Å². The Morgan fingerprint density at radius 2 is 2.30 bits per heavy atom. The highest BCUT2D eigenvalue weighted by Gasteiger charge is 2.13. The lowest BCUT2D eigenvalue weighted by Crippen LogP contribution is -2.42. The second kappa shape index (κ2) is 9.25. The number of morpholine rings is 1. The zero-order valence-corrected chi connectivity index (χ0v) is 14.1. The zero-order chi connectivity index (χ0) is 16.5. The van der Waals surface area contributed by atoms with Gasteiger partial charge in [-0.1, -0.05) is 15.9 Å². The van der Waals surface area contributed by atoms with Gasteiger partial charge in [-0.05, 0) is 18.2 Å². The van der Waals surface area contributed by atoms with Crippen molar-refractivity contribution >= 4 is 28.1 Å². The molecule has 1 aliphatic rings. The molecule has 0 aromatic heterocycles. The molecule has 1 fully saturated rings. The highest BCUT2D eigenvalue weighted by Crippen LogP contribution is 2.21. The number of hydrogen-bond acceptors (Lipinski definition) is 6. The van der Waals surface area contributed by atoms with Crippen LogP contribution in [0.1, 0.15) is 5.56 Å². The number of amides is 1. The lowest BCUT2D eigenvalue weighted by molar-refractivity contribution is -0.123. The molecule has 1 amide bonds. The van der Waals surface area contributed by atoms with Gasteiger partial charge in [-0.2, -0.15) is 10.4 Å². The highest BCUT2D eigenvalue weighted by molar-refractivity contribution is 9.10. The predicted molar refractivity (Wildman–Crippen MR) is 88.2 cm³/mol. The second-order valence-corrected chi connectivity index (χ2v) is 5.73. The number of nitrogens with one attached hydrogen (secondary N) is 1. The van der Waals surface area contributed by atoms with Crippen LogP contribution in [-0.4, -0.2) is 56.5 Å². The summed E-state index contributed by atoms with van der Waals surface area (Å²) in [5.74, 6) is 0.346. The Kier molecular flexibility index (Phi) is 7.00. The molecule has 8 heteroatoms. The monoisotopic (exact) mass is 380 g/mol. The van der Waals surface area contributed by atoms with E-state index in [0.29, 0.717) is 24.5 Å². The van der Waals surface area contributed by atoms with Gasteiger partial charge in [-0.3, -0.25) is 9.69 Å². The molecule has 2 rings (SSSR count). The Hall–Kier alpha value is -1.95. The summed E-state index contributed by atoms with van der Waals surface area (Å²) in [5.41, 5.74) is 3.16. The van der Waals surface area contributed by atoms with Crippen molar-refractivity contribution in [3.05, 3.63) is 28.2 Å². The number of rotatable bonds is 6. The molecule has 1 aromatic rings. The maximum absolute atomic E-state index is 11.8. The van der Waals surface area contributed by atoms with Crippen molar-refractivity contribution < 1.29 is 14.3 Å². The van der Waals surface area contributed by atoms with Crippen LogP contribution < -0.4 is 10.2 Å². The third-order valence-corrected chi connectivity index (χ3v) is 3.62. The lowest BCUT2D eigenvalue weighted by Gasteiger charge is -2.25. The van der Waals surface area contributed by atoms with E-state index in [0.717, 1.165) is 17.6 Å². The molecule has 1 aliphatic heterocycles. The first-order valence-corrected chi connectivity index (χ1v) is 7.89. The van der Waals surface area contributed by atoms with Gasteiger partial charge in [0, 0.05) is 23.1 Å². The van der Waals surface area contributed by atoms with Crippen molar-refractivity contribution in [1.29, 1.82) is 5.26 Å². The number of carbonyl (C=O) groups excluding carboxylic acids is 1. The van der Waals surface area contributed by atoms with Crippen LogP contribution in [-0.2, 0) is 9.53 Å². The fourth-order valence-electron chi connectivity index (χ4n) is 2.03. The average Bonchev–Trinajstić information content (AvgIpc) is 2.55. The molecule has 0 unspecified atom stereocenters. The molecule has 1 N–H and O–H groups in total. The summed E-state index contributed by atoms with van der Waals surface area (Å²) >= 11 is 3.36. The van der Waals surface area contributed by atoms with Crippen molar-refractivity contribution in [2.75, 3.05) is 39.5 Å². The van der Waals surface area contributed by atoms with Crippen molar-refractivity contribution in [1.82, 2.24) is 10.3 Å². The first-order valence-electron chi connectivity index (χ1n) is 7.10. The minimum Gasteiger partial charge on any atom is -0.478 e. The molecule has 1 saturated heterocycles. The second-order valence-electron chi connectivity index (χ2n) is 4.81. The van der Waals surface area contributed by atoms with Gasteiger partial charge in [-0.25, -0.2) is 5.43 Å². The predicted octanol–water partition coefficient (Wildman–Crippen LogP) is 1.13. The Morgan fingerprint density at radius 1 is 1.52 bits per heavy atom. The van der Waals surface area contributed by atoms with Crippen molar-refractivity contribution in [3.63, 3.8) is 0 Å². The van der Waals surface area contributed by atoms with Gasteiger partial charge in [0.25, 0.3) is 5.91 Å². The molecular weight excluding hydrogens is 364 g/mol. The molecule has 0 aliphatic carbocycles. The average molecular weight is 381 g/mol. The lowest BCUT2D eigenvalue weighted by atomic mass is 10.2. The van der Waals surface area contributed by atoms with E-state index in [1.54, 1.807) is 18.2 Å². The van der Waals surface area contributed by atoms with Crippen LogP contribution in [0.5, 0.6) is 5.75 Å². The highest BCUT2D eigenvalue weighted by atomic mass is 79.9. The number of benzene rings is 1. The molecular formula is C15H17BrN4O3. The number of hydrazone groups is 1. The Bertz CT molecular complexity index is 609. The van der Waals surface area contributed by atoms with E-state index in [-0.39, 0.29) is 19.1 Å². The van der Waals surface area contributed by atoms with E-state index in [2.05, 4.69) is 26.5 Å². The molecule has 1 heterocycles. The molecule has 1 aromatic carbocycles. The van der Waals surface area contributed by atoms with Crippen LogP contribution in [0, 0.1) is 11.3 Å². The van der Waals surface area contributed by atoms with E-state index >= 15 is 0 Å². The molecule has 0 spiro atoms. The van der Waals surface area contributed by atoms with Crippen molar-refractivity contribution in [3.8, 4) is 11.8 Å². The summed E-state index contributed by atoms with van der Waals surface area (Å²) in [6.45, 7) is 3.02. The number of carbonyl (C=O) groups is 1. The minimum absolute atomic E-state index is 0.0497. The van der Waals surface area contributed by atoms with Crippen molar-refractivity contribution in [2.24, 2.45) is 5.10 Å². The Labute approximate surface area is 143 Å². The quantitative estimate of drug-likeness (QED) is 0.590. The van der Waals surface area contributed by atoms with Crippen LogP contribution in [0.25, 0.3) is 0 Å². The number of hydrogen-bond donors (Lipinski definition) is 1. The van der Waals surface area contributed by atoms with Gasteiger partial charge in [0.15, 0.2) is 6.61 Å². The topological polar surface area (TPSA) is 86.9 Å². The summed E-state index contributed by atoms with van der Waals surface area (Å²) < 4.78 is 11.4. The molecule has 122 valence electrons. The van der Waals surface area contributed by atoms with E-state index in [9.17, 15) is 4.79 Å². The van der Waals surface area contributed by atoms with Crippen LogP contribution in [0.2, 0.25) is 0 Å². The summed E-state index contributed by atoms with van der Waals surface area (Å²) in [4.78, 5) is 13.8. The van der Waals surface area contributed by atoms with Gasteiger partial charge < -0.3 is 9.47 Å². The third-order valence-electron chi connectivity index (χ3n) is 3.13. The van der Waals surface area contributed by atoms with Gasteiger partial charge in [0.1, 0.15) is 11.8 Å². The minimum atomic E-state index is -0.183. The molecule has 0 atom stereocenters. The summed E-state index contributed by atoms with van der Waals surface area (Å²) in [6.07, 6.45) is 1.49. The summed E-state index contributed by atoms with van der Waals surface area (Å²) in [7, 11) is 0. The SMILES string of the molecule is N#CCOc1ccc(Br)cc1/C=N/NC(=O)CN1CCOCC1. The van der Waals surface area contributed by atoms with E-state index < -0.39 is 0 Å². The van der Waals surface area contributed by atoms with Crippen LogP contribution in [0.3, 0.4) is 0 Å². The molecule has 23 heavy (non-hydrogen) atoms. The van der Waals surface area contributed by atoms with Crippen molar-refractivity contribution in [2.45, 2.75) is 0 Å². The number of halogens is 1. The fraction of sp³-hybridized carbons (Fsp3) is 0.400. The first-order chi connectivity index (χ1) is 11.2. The number of nitriles is 1. The first kappa shape index (κ1) is 17.4. The zero-order valence-electron chi connectivity index (χ0n) is 12.5. The smallest absolute Gasteiger partial charge is 0.254 e. The fourth-order valence-corrected chi connectivity index (χ4v) is 2.41. The van der Waals surface area contributed by atoms with Crippen LogP contribution in [0.15, 0.2) is 27.8 Å². The van der Waals surface area contributed by atoms with Crippen LogP contribution >= 0.6 is 15.9 Å². The van der Waals surface area contributed by atoms with Gasteiger partial charge >= 0.3 is 0 Å². The van der Waals surface area contributed by atoms with E-state index in [4.69, 9.17) is 14.7 Å². The molecule has 0 radical (unpaired) electrons. The van der Waals surface area contributed by atoms with E-state index in [1.807, 2.05) is 11.0 Å². The third kappa shape index (κ3) is 5.98. The molecule has 7 nitrogen and oxygen atoms in total. The number of ether oxygens (including phenoxy) is 2. The Morgan fingerprint density at radius 3 is 3.04 bits per heavy atom. The van der Waals surface area contributed by atoms with Gasteiger partial charge in [0.2, 0.25) is 0 Å². The van der Waals surface area contributed by atoms with Gasteiger partial charge in [-0.15, -0.1) is 0 Å². The standard InChI is InChI=1S/C15H17BrN4O3/c16-13-1-2-14(23-6-3-17)12(9-13)10-18-19-15(21)11-20-4-7-22-8-5-20/h1-2,9-10H,4-8,11H2,(H,19,21)/b18-10+. The summed E-state index contributed by atoms with van der Waals surface area (Å²) in [6, 6.07) is 7.25. The molecule has 0 bridgehead atoms. The van der Waals surface area contributed by atoms with Crippen LogP contribution in [0.4, 0.5) is 0 Å². The maximum Gasteiger partial charge on any atom is 0.254 e. The maximum atomic E-state index is 11.8. The number of nitrogens with zero attached hydrogens (tertiary/aromatic N) is 3. The molecule has 0 saturated carbocycles.